The molecule has 0 N–H and O–H groups in total. The van der Waals surface area contributed by atoms with Crippen molar-refractivity contribution in [1.82, 2.24) is 0 Å². The Morgan fingerprint density at radius 2 is 1.92 bits per heavy atom. The van der Waals surface area contributed by atoms with Crippen molar-refractivity contribution >= 4 is 15.9 Å². The molecule has 1 fully saturated rings. The van der Waals surface area contributed by atoms with Crippen LogP contribution in [0.25, 0.3) is 0 Å². The van der Waals surface area contributed by atoms with Gasteiger partial charge in [-0.3, -0.25) is 0 Å². The Kier molecular flexibility index (Phi) is 2.01. The fourth-order valence-corrected chi connectivity index (χ4v) is 1.34. The highest BCUT2D eigenvalue weighted by Gasteiger charge is 2.46. The van der Waals surface area contributed by atoms with Gasteiger partial charge in [0.15, 0.2) is 5.60 Å². The van der Waals surface area contributed by atoms with E-state index in [4.69, 9.17) is 10.00 Å². The summed E-state index contributed by atoms with van der Waals surface area (Å²) in [4.78, 5) is 0. The smallest absolute Gasteiger partial charge is 0.194 e. The molecule has 0 heterocycles. The number of hydrogen-bond donors (Lipinski definition) is 0. The van der Waals surface area contributed by atoms with Crippen LogP contribution in [0, 0.1) is 11.3 Å². The largest absolute Gasteiger partial charge is 0.472 e. The van der Waals surface area contributed by atoms with Gasteiger partial charge >= 0.3 is 0 Å². The SMILES string of the molecule is N#CC1(Oc2ccc(Br)cc2)CC1. The van der Waals surface area contributed by atoms with Crippen molar-refractivity contribution in [3.8, 4) is 11.8 Å². The number of hydrogen-bond acceptors (Lipinski definition) is 2. The maximum atomic E-state index is 8.79. The van der Waals surface area contributed by atoms with Crippen LogP contribution >= 0.6 is 15.9 Å². The minimum Gasteiger partial charge on any atom is -0.472 e. The summed E-state index contributed by atoms with van der Waals surface area (Å²) in [7, 11) is 0. The van der Waals surface area contributed by atoms with Gasteiger partial charge in [0.05, 0.1) is 0 Å². The molecule has 0 unspecified atom stereocenters. The van der Waals surface area contributed by atoms with Gasteiger partial charge in [-0.25, -0.2) is 0 Å². The van der Waals surface area contributed by atoms with Gasteiger partial charge in [0, 0.05) is 17.3 Å². The van der Waals surface area contributed by atoms with E-state index < -0.39 is 5.60 Å². The van der Waals surface area contributed by atoms with Gasteiger partial charge < -0.3 is 4.74 Å². The van der Waals surface area contributed by atoms with Crippen molar-refractivity contribution in [2.75, 3.05) is 0 Å². The Labute approximate surface area is 85.3 Å². The summed E-state index contributed by atoms with van der Waals surface area (Å²) in [6.07, 6.45) is 1.69. The van der Waals surface area contributed by atoms with E-state index in [1.807, 2.05) is 24.3 Å². The van der Waals surface area contributed by atoms with Crippen LogP contribution in [0.5, 0.6) is 5.75 Å². The number of benzene rings is 1. The molecular formula is C10H8BrNO. The molecule has 1 aromatic rings. The standard InChI is InChI=1S/C10H8BrNO/c11-8-1-3-9(4-2-8)13-10(7-12)5-6-10/h1-4H,5-6H2. The molecular weight excluding hydrogens is 230 g/mol. The molecule has 0 aliphatic heterocycles. The molecule has 1 aromatic carbocycles. The van der Waals surface area contributed by atoms with Crippen molar-refractivity contribution in [2.45, 2.75) is 18.4 Å². The summed E-state index contributed by atoms with van der Waals surface area (Å²) in [5.41, 5.74) is -0.520. The molecule has 0 amide bonds. The molecule has 66 valence electrons. The van der Waals surface area contributed by atoms with Gasteiger partial charge in [-0.2, -0.15) is 5.26 Å². The fraction of sp³-hybridized carbons (Fsp3) is 0.300. The van der Waals surface area contributed by atoms with Gasteiger partial charge in [-0.15, -0.1) is 0 Å². The monoisotopic (exact) mass is 237 g/mol. The molecule has 1 aliphatic rings. The minimum absolute atomic E-state index is 0.520. The van der Waals surface area contributed by atoms with Crippen molar-refractivity contribution < 1.29 is 4.74 Å². The van der Waals surface area contributed by atoms with Crippen molar-refractivity contribution in [1.29, 1.82) is 5.26 Å². The summed E-state index contributed by atoms with van der Waals surface area (Å²) in [5, 5.41) is 8.79. The lowest BCUT2D eigenvalue weighted by molar-refractivity contribution is 0.237. The third kappa shape index (κ3) is 1.84. The first-order chi connectivity index (χ1) is 6.24. The molecule has 0 aromatic heterocycles. The Morgan fingerprint density at radius 1 is 1.31 bits per heavy atom. The summed E-state index contributed by atoms with van der Waals surface area (Å²) < 4.78 is 6.55. The second-order valence-corrected chi connectivity index (χ2v) is 4.08. The molecule has 0 atom stereocenters. The topological polar surface area (TPSA) is 33.0 Å². The second kappa shape index (κ2) is 3.04. The van der Waals surface area contributed by atoms with Crippen molar-refractivity contribution in [2.24, 2.45) is 0 Å². The molecule has 1 saturated carbocycles. The Balaban J connectivity index is 2.11. The van der Waals surface area contributed by atoms with Gasteiger partial charge in [0.2, 0.25) is 0 Å². The van der Waals surface area contributed by atoms with Gasteiger partial charge in [0.25, 0.3) is 0 Å². The van der Waals surface area contributed by atoms with E-state index in [9.17, 15) is 0 Å². The average molecular weight is 238 g/mol. The molecule has 0 spiro atoms. The van der Waals surface area contributed by atoms with Crippen LogP contribution in [0.2, 0.25) is 0 Å². The lowest BCUT2D eigenvalue weighted by Crippen LogP contribution is -2.14. The minimum atomic E-state index is -0.520. The molecule has 0 bridgehead atoms. The number of rotatable bonds is 2. The predicted octanol–water partition coefficient (Wildman–Crippen LogP) is 2.88. The lowest BCUT2D eigenvalue weighted by atomic mass is 10.3. The third-order valence-electron chi connectivity index (χ3n) is 2.03. The first-order valence-corrected chi connectivity index (χ1v) is 4.89. The zero-order chi connectivity index (χ0) is 9.31. The van der Waals surface area contributed by atoms with Crippen molar-refractivity contribution in [3.05, 3.63) is 28.7 Å². The summed E-state index contributed by atoms with van der Waals surface area (Å²) in [6, 6.07) is 9.72. The van der Waals surface area contributed by atoms with E-state index >= 15 is 0 Å². The van der Waals surface area contributed by atoms with Crippen LogP contribution in [0.1, 0.15) is 12.8 Å². The summed E-state index contributed by atoms with van der Waals surface area (Å²) in [5.74, 6) is 0.766. The molecule has 2 nitrogen and oxygen atoms in total. The fourth-order valence-electron chi connectivity index (χ4n) is 1.08. The quantitative estimate of drug-likeness (QED) is 0.793. The predicted molar refractivity (Wildman–Crippen MR) is 52.3 cm³/mol. The summed E-state index contributed by atoms with van der Waals surface area (Å²) in [6.45, 7) is 0. The van der Waals surface area contributed by atoms with E-state index in [1.165, 1.54) is 0 Å². The zero-order valence-corrected chi connectivity index (χ0v) is 8.54. The van der Waals surface area contributed by atoms with Crippen LogP contribution in [0.3, 0.4) is 0 Å². The highest BCUT2D eigenvalue weighted by Crippen LogP contribution is 2.39. The molecule has 2 rings (SSSR count). The molecule has 3 heteroatoms. The van der Waals surface area contributed by atoms with Crippen LogP contribution in [0.15, 0.2) is 28.7 Å². The Hall–Kier alpha value is -1.01. The van der Waals surface area contributed by atoms with E-state index in [-0.39, 0.29) is 0 Å². The maximum Gasteiger partial charge on any atom is 0.194 e. The van der Waals surface area contributed by atoms with Crippen LogP contribution < -0.4 is 4.74 Å². The van der Waals surface area contributed by atoms with Gasteiger partial charge in [-0.1, -0.05) is 15.9 Å². The number of halogens is 1. The number of ether oxygens (including phenoxy) is 1. The zero-order valence-electron chi connectivity index (χ0n) is 6.96. The van der Waals surface area contributed by atoms with Crippen LogP contribution in [-0.4, -0.2) is 5.60 Å². The van der Waals surface area contributed by atoms with Crippen LogP contribution in [0.4, 0.5) is 0 Å². The Morgan fingerprint density at radius 3 is 2.38 bits per heavy atom. The molecule has 13 heavy (non-hydrogen) atoms. The van der Waals surface area contributed by atoms with Gasteiger partial charge in [-0.05, 0) is 24.3 Å². The average Bonchev–Trinajstić information content (AvgIpc) is 2.90. The first-order valence-electron chi connectivity index (χ1n) is 4.10. The molecule has 0 radical (unpaired) electrons. The van der Waals surface area contributed by atoms with Crippen molar-refractivity contribution in [3.63, 3.8) is 0 Å². The normalized spacial score (nSPS) is 17.5. The summed E-state index contributed by atoms with van der Waals surface area (Å²) >= 11 is 3.34. The van der Waals surface area contributed by atoms with Gasteiger partial charge in [0.1, 0.15) is 11.8 Å². The highest BCUT2D eigenvalue weighted by atomic mass is 79.9. The molecule has 1 aliphatic carbocycles. The third-order valence-corrected chi connectivity index (χ3v) is 2.56. The van der Waals surface area contributed by atoms with E-state index in [0.29, 0.717) is 0 Å². The van der Waals surface area contributed by atoms with Crippen LogP contribution in [-0.2, 0) is 0 Å². The Bertz CT molecular complexity index is 348. The maximum absolute atomic E-state index is 8.79. The van der Waals surface area contributed by atoms with E-state index in [0.717, 1.165) is 23.1 Å². The second-order valence-electron chi connectivity index (χ2n) is 3.16. The van der Waals surface area contributed by atoms with E-state index in [2.05, 4.69) is 22.0 Å². The first kappa shape index (κ1) is 8.58. The number of nitriles is 1. The lowest BCUT2D eigenvalue weighted by Gasteiger charge is -2.09. The highest BCUT2D eigenvalue weighted by molar-refractivity contribution is 9.10. The molecule has 0 saturated heterocycles. The van der Waals surface area contributed by atoms with E-state index in [1.54, 1.807) is 0 Å². The number of nitrogens with zero attached hydrogens (tertiary/aromatic N) is 1.